The van der Waals surface area contributed by atoms with Gasteiger partial charge < -0.3 is 14.2 Å². The van der Waals surface area contributed by atoms with Crippen LogP contribution in [0.25, 0.3) is 17.0 Å². The summed E-state index contributed by atoms with van der Waals surface area (Å²) in [6.45, 7) is 4.80. The SMILES string of the molecule is CC=Cc1ccc(OCCOc2cccc3ccc(C)nc23)c(OC)c1. The third-order valence-electron chi connectivity index (χ3n) is 3.97. The molecule has 4 nitrogen and oxygen atoms in total. The highest BCUT2D eigenvalue weighted by Crippen LogP contribution is 2.29. The number of aromatic nitrogens is 1. The van der Waals surface area contributed by atoms with Gasteiger partial charge in [-0.05, 0) is 43.7 Å². The van der Waals surface area contributed by atoms with Crippen molar-refractivity contribution >= 4 is 17.0 Å². The summed E-state index contributed by atoms with van der Waals surface area (Å²) >= 11 is 0. The van der Waals surface area contributed by atoms with E-state index < -0.39 is 0 Å². The summed E-state index contributed by atoms with van der Waals surface area (Å²) in [5.74, 6) is 2.18. The normalized spacial score (nSPS) is 11.0. The van der Waals surface area contributed by atoms with E-state index in [9.17, 15) is 0 Å². The summed E-state index contributed by atoms with van der Waals surface area (Å²) in [6, 6.07) is 15.8. The molecule has 0 bridgehead atoms. The second-order valence-corrected chi connectivity index (χ2v) is 5.89. The summed E-state index contributed by atoms with van der Waals surface area (Å²) in [5, 5.41) is 1.07. The molecule has 0 aliphatic carbocycles. The van der Waals surface area contributed by atoms with Crippen molar-refractivity contribution < 1.29 is 14.2 Å². The van der Waals surface area contributed by atoms with Crippen LogP contribution in [0.1, 0.15) is 18.2 Å². The van der Waals surface area contributed by atoms with Crippen molar-refractivity contribution in [3.05, 3.63) is 65.9 Å². The van der Waals surface area contributed by atoms with E-state index in [1.165, 1.54) is 0 Å². The van der Waals surface area contributed by atoms with E-state index in [0.29, 0.717) is 24.7 Å². The zero-order valence-corrected chi connectivity index (χ0v) is 15.4. The number of ether oxygens (including phenoxy) is 3. The van der Waals surface area contributed by atoms with Gasteiger partial charge >= 0.3 is 0 Å². The minimum Gasteiger partial charge on any atom is -0.493 e. The van der Waals surface area contributed by atoms with Gasteiger partial charge in [0.15, 0.2) is 11.5 Å². The van der Waals surface area contributed by atoms with Gasteiger partial charge in [-0.3, -0.25) is 0 Å². The third-order valence-corrected chi connectivity index (χ3v) is 3.97. The van der Waals surface area contributed by atoms with E-state index in [1.807, 2.05) is 68.5 Å². The summed E-state index contributed by atoms with van der Waals surface area (Å²) < 4.78 is 17.1. The number of pyridine rings is 1. The Labute approximate surface area is 154 Å². The van der Waals surface area contributed by atoms with Gasteiger partial charge in [0.05, 0.1) is 7.11 Å². The largest absolute Gasteiger partial charge is 0.493 e. The fraction of sp³-hybridized carbons (Fsp3) is 0.227. The Bertz CT molecular complexity index is 918. The van der Waals surface area contributed by atoms with Crippen LogP contribution in [0.2, 0.25) is 0 Å². The van der Waals surface area contributed by atoms with Crippen LogP contribution in [0, 0.1) is 6.92 Å². The molecule has 0 N–H and O–H groups in total. The molecule has 3 aromatic rings. The number of fused-ring (bicyclic) bond motifs is 1. The molecule has 0 radical (unpaired) electrons. The number of para-hydroxylation sites is 1. The van der Waals surface area contributed by atoms with Crippen molar-refractivity contribution in [2.45, 2.75) is 13.8 Å². The summed E-state index contributed by atoms with van der Waals surface area (Å²) in [5.41, 5.74) is 2.92. The van der Waals surface area contributed by atoms with E-state index in [1.54, 1.807) is 7.11 Å². The first-order valence-corrected chi connectivity index (χ1v) is 8.64. The molecule has 1 aromatic heterocycles. The number of hydrogen-bond donors (Lipinski definition) is 0. The van der Waals surface area contributed by atoms with Gasteiger partial charge in [0.2, 0.25) is 0 Å². The first kappa shape index (κ1) is 17.8. The lowest BCUT2D eigenvalue weighted by Gasteiger charge is -2.13. The molecule has 0 aliphatic rings. The average Bonchev–Trinajstić information content (AvgIpc) is 2.66. The molecule has 0 saturated heterocycles. The Morgan fingerprint density at radius 1 is 0.923 bits per heavy atom. The molecular formula is C22H23NO3. The number of rotatable bonds is 7. The predicted molar refractivity (Wildman–Crippen MR) is 105 cm³/mol. The van der Waals surface area contributed by atoms with Crippen molar-refractivity contribution in [3.63, 3.8) is 0 Å². The van der Waals surface area contributed by atoms with Crippen LogP contribution in [0.15, 0.2) is 54.6 Å². The van der Waals surface area contributed by atoms with Gasteiger partial charge in [0.25, 0.3) is 0 Å². The Morgan fingerprint density at radius 3 is 2.50 bits per heavy atom. The molecule has 0 saturated carbocycles. The monoisotopic (exact) mass is 349 g/mol. The molecule has 0 amide bonds. The molecule has 0 unspecified atom stereocenters. The Kier molecular flexibility index (Phi) is 5.74. The number of nitrogens with zero attached hydrogens (tertiary/aromatic N) is 1. The predicted octanol–water partition coefficient (Wildman–Crippen LogP) is 5.04. The quantitative estimate of drug-likeness (QED) is 0.560. The van der Waals surface area contributed by atoms with Gasteiger partial charge in [-0.25, -0.2) is 4.98 Å². The Balaban J connectivity index is 1.64. The van der Waals surface area contributed by atoms with E-state index in [2.05, 4.69) is 11.1 Å². The molecule has 0 atom stereocenters. The summed E-state index contributed by atoms with van der Waals surface area (Å²) in [4.78, 5) is 4.57. The second-order valence-electron chi connectivity index (χ2n) is 5.89. The van der Waals surface area contributed by atoms with Crippen LogP contribution in [0.3, 0.4) is 0 Å². The third kappa shape index (κ3) is 4.14. The fourth-order valence-electron chi connectivity index (χ4n) is 2.74. The van der Waals surface area contributed by atoms with Gasteiger partial charge in [-0.1, -0.05) is 36.4 Å². The minimum absolute atomic E-state index is 0.418. The Morgan fingerprint density at radius 2 is 1.73 bits per heavy atom. The number of allylic oxidation sites excluding steroid dienone is 1. The number of methoxy groups -OCH3 is 1. The summed E-state index contributed by atoms with van der Waals surface area (Å²) in [7, 11) is 1.64. The zero-order chi connectivity index (χ0) is 18.4. The molecule has 0 aliphatic heterocycles. The second kappa shape index (κ2) is 8.39. The van der Waals surface area contributed by atoms with E-state index >= 15 is 0 Å². The molecule has 26 heavy (non-hydrogen) atoms. The maximum atomic E-state index is 5.89. The first-order valence-electron chi connectivity index (χ1n) is 8.64. The highest BCUT2D eigenvalue weighted by atomic mass is 16.5. The number of aryl methyl sites for hydroxylation is 1. The van der Waals surface area contributed by atoms with Crippen LogP contribution >= 0.6 is 0 Å². The maximum Gasteiger partial charge on any atom is 0.161 e. The van der Waals surface area contributed by atoms with Crippen molar-refractivity contribution in [1.82, 2.24) is 4.98 Å². The van der Waals surface area contributed by atoms with Gasteiger partial charge in [0.1, 0.15) is 24.5 Å². The molecule has 0 spiro atoms. The van der Waals surface area contributed by atoms with E-state index in [0.717, 1.165) is 27.9 Å². The average molecular weight is 349 g/mol. The fourth-order valence-corrected chi connectivity index (χ4v) is 2.74. The maximum absolute atomic E-state index is 5.89. The molecule has 2 aromatic carbocycles. The van der Waals surface area contributed by atoms with Gasteiger partial charge in [0, 0.05) is 11.1 Å². The van der Waals surface area contributed by atoms with E-state index in [4.69, 9.17) is 14.2 Å². The van der Waals surface area contributed by atoms with Gasteiger partial charge in [-0.15, -0.1) is 0 Å². The molecule has 134 valence electrons. The molecule has 4 heteroatoms. The molecular weight excluding hydrogens is 326 g/mol. The van der Waals surface area contributed by atoms with Crippen LogP contribution in [0.4, 0.5) is 0 Å². The molecule has 3 rings (SSSR count). The van der Waals surface area contributed by atoms with E-state index in [-0.39, 0.29) is 0 Å². The topological polar surface area (TPSA) is 40.6 Å². The highest BCUT2D eigenvalue weighted by Gasteiger charge is 2.07. The minimum atomic E-state index is 0.418. The van der Waals surface area contributed by atoms with Crippen LogP contribution in [-0.4, -0.2) is 25.3 Å². The van der Waals surface area contributed by atoms with Crippen molar-refractivity contribution in [3.8, 4) is 17.2 Å². The Hall–Kier alpha value is -3.01. The number of benzene rings is 2. The van der Waals surface area contributed by atoms with Crippen LogP contribution < -0.4 is 14.2 Å². The highest BCUT2D eigenvalue weighted by molar-refractivity contribution is 5.84. The first-order chi connectivity index (χ1) is 12.7. The lowest BCUT2D eigenvalue weighted by atomic mass is 10.2. The van der Waals surface area contributed by atoms with Crippen molar-refractivity contribution in [2.24, 2.45) is 0 Å². The lowest BCUT2D eigenvalue weighted by Crippen LogP contribution is -2.10. The molecule has 0 fully saturated rings. The molecule has 1 heterocycles. The van der Waals surface area contributed by atoms with Crippen molar-refractivity contribution in [1.29, 1.82) is 0 Å². The smallest absolute Gasteiger partial charge is 0.161 e. The number of hydrogen-bond acceptors (Lipinski definition) is 4. The van der Waals surface area contributed by atoms with Crippen LogP contribution in [-0.2, 0) is 0 Å². The lowest BCUT2D eigenvalue weighted by molar-refractivity contribution is 0.212. The van der Waals surface area contributed by atoms with Gasteiger partial charge in [-0.2, -0.15) is 0 Å². The standard InChI is InChI=1S/C22H23NO3/c1-4-6-17-10-12-19(21(15-17)24-3)25-13-14-26-20-8-5-7-18-11-9-16(2)23-22(18)20/h4-12,15H,13-14H2,1-3H3. The summed E-state index contributed by atoms with van der Waals surface area (Å²) in [6.07, 6.45) is 4.01. The van der Waals surface area contributed by atoms with Crippen molar-refractivity contribution in [2.75, 3.05) is 20.3 Å². The zero-order valence-electron chi connectivity index (χ0n) is 15.4. The van der Waals surface area contributed by atoms with Crippen LogP contribution in [0.5, 0.6) is 17.2 Å².